The molecule has 2 aliphatic rings. The Hall–Kier alpha value is -1.24. The van der Waals surface area contributed by atoms with Gasteiger partial charge < -0.3 is 0 Å². The molecule has 14 heavy (non-hydrogen) atoms. The molecular weight excluding hydrogens is 180 g/mol. The van der Waals surface area contributed by atoms with Crippen LogP contribution in [0.1, 0.15) is 26.2 Å². The first-order valence-corrected chi connectivity index (χ1v) is 4.85. The van der Waals surface area contributed by atoms with Crippen LogP contribution in [0.15, 0.2) is 9.98 Å². The lowest BCUT2D eigenvalue weighted by Gasteiger charge is -2.31. The van der Waals surface area contributed by atoms with Crippen molar-refractivity contribution in [1.82, 2.24) is 0 Å². The number of rotatable bonds is 2. The van der Waals surface area contributed by atoms with Gasteiger partial charge in [0.05, 0.1) is 11.6 Å². The molecule has 0 aromatic heterocycles. The highest BCUT2D eigenvalue weighted by molar-refractivity contribution is 5.37. The van der Waals surface area contributed by atoms with Crippen LogP contribution >= 0.6 is 0 Å². The summed E-state index contributed by atoms with van der Waals surface area (Å²) in [7, 11) is 0. The monoisotopic (exact) mass is 192 g/mol. The minimum atomic E-state index is -0.338. The van der Waals surface area contributed by atoms with Gasteiger partial charge in [0, 0.05) is 5.92 Å². The molecule has 0 aromatic rings. The van der Waals surface area contributed by atoms with E-state index in [9.17, 15) is 9.59 Å². The van der Waals surface area contributed by atoms with Crippen LogP contribution in [-0.4, -0.2) is 23.7 Å². The molecule has 4 unspecified atom stereocenters. The molecule has 0 N–H and O–H groups in total. The number of nitrogens with zero attached hydrogens (tertiary/aromatic N) is 2. The number of isocyanates is 2. The highest BCUT2D eigenvalue weighted by Gasteiger charge is 2.53. The molecule has 2 rings (SSSR count). The van der Waals surface area contributed by atoms with Crippen LogP contribution in [0.4, 0.5) is 0 Å². The van der Waals surface area contributed by atoms with Crippen LogP contribution in [0.5, 0.6) is 0 Å². The summed E-state index contributed by atoms with van der Waals surface area (Å²) in [4.78, 5) is 28.2. The summed E-state index contributed by atoms with van der Waals surface area (Å²) >= 11 is 0. The molecule has 0 spiro atoms. The Bertz CT molecular complexity index is 342. The fourth-order valence-electron chi connectivity index (χ4n) is 3.13. The zero-order valence-electron chi connectivity index (χ0n) is 8.06. The van der Waals surface area contributed by atoms with Crippen LogP contribution in [0.2, 0.25) is 0 Å². The molecule has 4 heteroatoms. The number of carbonyl (C=O) groups excluding carboxylic acids is 2. The maximum Gasteiger partial charge on any atom is 0.235 e. The second-order valence-electron chi connectivity index (χ2n) is 4.50. The van der Waals surface area contributed by atoms with E-state index in [4.69, 9.17) is 0 Å². The second kappa shape index (κ2) is 3.16. The maximum absolute atomic E-state index is 10.3. The largest absolute Gasteiger partial charge is 0.235 e. The summed E-state index contributed by atoms with van der Waals surface area (Å²) in [5, 5.41) is 0. The van der Waals surface area contributed by atoms with Crippen molar-refractivity contribution in [1.29, 1.82) is 0 Å². The minimum absolute atomic E-state index is 0.0216. The van der Waals surface area contributed by atoms with E-state index in [1.807, 2.05) is 6.92 Å². The molecule has 2 aliphatic carbocycles. The highest BCUT2D eigenvalue weighted by Crippen LogP contribution is 2.53. The van der Waals surface area contributed by atoms with E-state index in [2.05, 4.69) is 9.98 Å². The molecule has 0 saturated heterocycles. The molecular formula is C10H12N2O2. The Labute approximate surface area is 82.1 Å². The molecule has 2 bridgehead atoms. The third kappa shape index (κ3) is 1.24. The van der Waals surface area contributed by atoms with Crippen molar-refractivity contribution in [3.05, 3.63) is 0 Å². The summed E-state index contributed by atoms with van der Waals surface area (Å²) in [6.07, 6.45) is 6.14. The van der Waals surface area contributed by atoms with Crippen molar-refractivity contribution in [3.8, 4) is 0 Å². The van der Waals surface area contributed by atoms with E-state index < -0.39 is 0 Å². The first-order valence-electron chi connectivity index (χ1n) is 4.85. The van der Waals surface area contributed by atoms with Crippen LogP contribution in [0, 0.1) is 11.8 Å². The Morgan fingerprint density at radius 1 is 1.29 bits per heavy atom. The zero-order valence-corrected chi connectivity index (χ0v) is 8.06. The molecule has 0 amide bonds. The third-order valence-corrected chi connectivity index (χ3v) is 3.65. The SMILES string of the molecule is CC1(N=C=O)CC2CC(N=C=O)C1C2. The molecule has 0 aliphatic heterocycles. The van der Waals surface area contributed by atoms with Crippen molar-refractivity contribution in [2.24, 2.45) is 21.8 Å². The van der Waals surface area contributed by atoms with Crippen LogP contribution in [0.25, 0.3) is 0 Å². The molecule has 0 heterocycles. The van der Waals surface area contributed by atoms with E-state index in [1.165, 1.54) is 0 Å². The molecule has 0 aromatic carbocycles. The standard InChI is InChI=1S/C10H12N2O2/c1-10(12-6-14)4-7-2-8(10)9(3-7)11-5-13/h7-9H,2-4H2,1H3. The van der Waals surface area contributed by atoms with E-state index in [0.717, 1.165) is 19.3 Å². The predicted molar refractivity (Wildman–Crippen MR) is 49.3 cm³/mol. The lowest BCUT2D eigenvalue weighted by molar-refractivity contribution is 0.268. The molecule has 4 atom stereocenters. The van der Waals surface area contributed by atoms with Gasteiger partial charge >= 0.3 is 0 Å². The van der Waals surface area contributed by atoms with Gasteiger partial charge in [0.2, 0.25) is 12.2 Å². The predicted octanol–water partition coefficient (Wildman–Crippen LogP) is 1.22. The van der Waals surface area contributed by atoms with Gasteiger partial charge in [0.15, 0.2) is 0 Å². The molecule has 0 radical (unpaired) electrons. The van der Waals surface area contributed by atoms with Crippen LogP contribution < -0.4 is 0 Å². The maximum atomic E-state index is 10.3. The summed E-state index contributed by atoms with van der Waals surface area (Å²) in [5.74, 6) is 0.791. The van der Waals surface area contributed by atoms with Gasteiger partial charge in [0.25, 0.3) is 0 Å². The van der Waals surface area contributed by atoms with Gasteiger partial charge in [-0.05, 0) is 32.1 Å². The normalized spacial score (nSPS) is 44.2. The van der Waals surface area contributed by atoms with E-state index in [1.54, 1.807) is 12.2 Å². The molecule has 74 valence electrons. The van der Waals surface area contributed by atoms with Gasteiger partial charge in [-0.1, -0.05) is 0 Å². The Morgan fingerprint density at radius 2 is 2.07 bits per heavy atom. The van der Waals surface area contributed by atoms with E-state index in [0.29, 0.717) is 5.92 Å². The zero-order chi connectivity index (χ0) is 10.2. The van der Waals surface area contributed by atoms with Gasteiger partial charge in [-0.2, -0.15) is 4.99 Å². The van der Waals surface area contributed by atoms with Crippen molar-refractivity contribution >= 4 is 12.2 Å². The van der Waals surface area contributed by atoms with E-state index in [-0.39, 0.29) is 17.5 Å². The average molecular weight is 192 g/mol. The first kappa shape index (κ1) is 9.32. The highest BCUT2D eigenvalue weighted by atomic mass is 16.1. The topological polar surface area (TPSA) is 58.9 Å². The summed E-state index contributed by atoms with van der Waals surface area (Å²) in [5.41, 5.74) is -0.338. The Morgan fingerprint density at radius 3 is 2.64 bits per heavy atom. The lowest BCUT2D eigenvalue weighted by atomic mass is 9.80. The molecule has 2 fully saturated rings. The summed E-state index contributed by atoms with van der Waals surface area (Å²) in [6, 6.07) is 0.0216. The van der Waals surface area contributed by atoms with Gasteiger partial charge in [-0.3, -0.25) is 0 Å². The van der Waals surface area contributed by atoms with Crippen LogP contribution in [-0.2, 0) is 9.59 Å². The fraction of sp³-hybridized carbons (Fsp3) is 0.800. The smallest absolute Gasteiger partial charge is 0.211 e. The molecule has 4 nitrogen and oxygen atoms in total. The quantitative estimate of drug-likeness (QED) is 0.487. The van der Waals surface area contributed by atoms with E-state index >= 15 is 0 Å². The summed E-state index contributed by atoms with van der Waals surface area (Å²) < 4.78 is 0. The van der Waals surface area contributed by atoms with Crippen LogP contribution in [0.3, 0.4) is 0 Å². The number of aliphatic imine (C=N–C) groups is 2. The molecule has 2 saturated carbocycles. The van der Waals surface area contributed by atoms with Crippen molar-refractivity contribution in [2.45, 2.75) is 37.8 Å². The number of fused-ring (bicyclic) bond motifs is 2. The second-order valence-corrected chi connectivity index (χ2v) is 4.50. The van der Waals surface area contributed by atoms with Crippen molar-refractivity contribution in [2.75, 3.05) is 0 Å². The van der Waals surface area contributed by atoms with Gasteiger partial charge in [-0.25, -0.2) is 14.6 Å². The van der Waals surface area contributed by atoms with Crippen molar-refractivity contribution in [3.63, 3.8) is 0 Å². The fourth-order valence-corrected chi connectivity index (χ4v) is 3.13. The van der Waals surface area contributed by atoms with Gasteiger partial charge in [-0.15, -0.1) is 0 Å². The number of hydrogen-bond donors (Lipinski definition) is 0. The average Bonchev–Trinajstić information content (AvgIpc) is 2.61. The first-order chi connectivity index (χ1) is 6.69. The number of hydrogen-bond acceptors (Lipinski definition) is 4. The Kier molecular flexibility index (Phi) is 2.10. The van der Waals surface area contributed by atoms with Gasteiger partial charge in [0.1, 0.15) is 0 Å². The Balaban J connectivity index is 2.26. The van der Waals surface area contributed by atoms with Crippen molar-refractivity contribution < 1.29 is 9.59 Å². The minimum Gasteiger partial charge on any atom is -0.211 e. The summed E-state index contributed by atoms with van der Waals surface area (Å²) in [6.45, 7) is 1.95. The third-order valence-electron chi connectivity index (χ3n) is 3.65. The lowest BCUT2D eigenvalue weighted by Crippen LogP contribution is -2.36.